The molecule has 0 fully saturated rings. The van der Waals surface area contributed by atoms with E-state index in [0.717, 1.165) is 4.70 Å². The van der Waals surface area contributed by atoms with Gasteiger partial charge in [0.15, 0.2) is 0 Å². The van der Waals surface area contributed by atoms with Crippen molar-refractivity contribution < 1.29 is 14.5 Å². The van der Waals surface area contributed by atoms with E-state index in [2.05, 4.69) is 10.6 Å². The Kier molecular flexibility index (Phi) is 4.28. The van der Waals surface area contributed by atoms with Gasteiger partial charge < -0.3 is 10.6 Å². The lowest BCUT2D eigenvalue weighted by atomic mass is 10.2. The normalized spacial score (nSPS) is 10.5. The van der Waals surface area contributed by atoms with E-state index in [-0.39, 0.29) is 17.5 Å². The Morgan fingerprint density at radius 3 is 2.67 bits per heavy atom. The van der Waals surface area contributed by atoms with E-state index >= 15 is 0 Å². The van der Waals surface area contributed by atoms with Crippen molar-refractivity contribution in [1.29, 1.82) is 0 Å². The fourth-order valence-corrected chi connectivity index (χ4v) is 3.86. The van der Waals surface area contributed by atoms with Gasteiger partial charge in [0.2, 0.25) is 0 Å². The third-order valence-corrected chi connectivity index (χ3v) is 5.24. The molecule has 0 spiro atoms. The van der Waals surface area contributed by atoms with Crippen LogP contribution in [0.2, 0.25) is 0 Å². The van der Waals surface area contributed by atoms with Crippen molar-refractivity contribution in [3.63, 3.8) is 0 Å². The second kappa shape index (κ2) is 6.38. The molecule has 0 saturated carbocycles. The van der Waals surface area contributed by atoms with Crippen LogP contribution in [-0.4, -0.2) is 23.8 Å². The summed E-state index contributed by atoms with van der Waals surface area (Å²) in [5.41, 5.74) is 0.375. The average molecular weight is 361 g/mol. The molecule has 3 aromatic rings. The summed E-state index contributed by atoms with van der Waals surface area (Å²) in [6.07, 6.45) is 0. The number of carbonyl (C=O) groups excluding carboxylic acids is 2. The van der Waals surface area contributed by atoms with Gasteiger partial charge in [-0.2, -0.15) is 0 Å². The van der Waals surface area contributed by atoms with Crippen molar-refractivity contribution in [2.75, 3.05) is 12.4 Å². The Labute approximate surface area is 144 Å². The number of carbonyl (C=O) groups is 2. The molecule has 0 radical (unpaired) electrons. The highest BCUT2D eigenvalue weighted by molar-refractivity contribution is 7.21. The molecule has 0 aliphatic heterocycles. The van der Waals surface area contributed by atoms with Crippen LogP contribution in [0.5, 0.6) is 0 Å². The van der Waals surface area contributed by atoms with Crippen molar-refractivity contribution in [2.24, 2.45) is 0 Å². The fraction of sp³-hybridized carbons (Fsp3) is 0.0667. The van der Waals surface area contributed by atoms with Crippen LogP contribution in [0.1, 0.15) is 20.0 Å². The maximum Gasteiger partial charge on any atom is 0.270 e. The molecule has 9 heteroatoms. The number of nitro groups is 1. The molecule has 3 rings (SSSR count). The van der Waals surface area contributed by atoms with Crippen LogP contribution in [0.3, 0.4) is 0 Å². The highest BCUT2D eigenvalue weighted by Gasteiger charge is 2.17. The number of nitrogens with zero attached hydrogens (tertiary/aromatic N) is 1. The molecule has 2 heterocycles. The first kappa shape index (κ1) is 16.1. The van der Waals surface area contributed by atoms with Crippen molar-refractivity contribution in [1.82, 2.24) is 5.32 Å². The number of thiophene rings is 2. The van der Waals surface area contributed by atoms with Gasteiger partial charge in [-0.15, -0.1) is 22.7 Å². The minimum Gasteiger partial charge on any atom is -0.355 e. The smallest absolute Gasteiger partial charge is 0.270 e. The number of hydrogen-bond donors (Lipinski definition) is 2. The predicted molar refractivity (Wildman–Crippen MR) is 94.1 cm³/mol. The molecule has 0 unspecified atom stereocenters. The van der Waals surface area contributed by atoms with E-state index in [4.69, 9.17) is 0 Å². The molecule has 0 saturated heterocycles. The van der Waals surface area contributed by atoms with E-state index in [1.807, 2.05) is 0 Å². The maximum atomic E-state index is 12.4. The van der Waals surface area contributed by atoms with Gasteiger partial charge >= 0.3 is 0 Å². The van der Waals surface area contributed by atoms with Crippen LogP contribution in [0.25, 0.3) is 10.1 Å². The number of amides is 2. The zero-order valence-corrected chi connectivity index (χ0v) is 14.0. The lowest BCUT2D eigenvalue weighted by Crippen LogP contribution is -2.19. The van der Waals surface area contributed by atoms with Crippen LogP contribution < -0.4 is 10.6 Å². The lowest BCUT2D eigenvalue weighted by molar-refractivity contribution is -0.384. The molecular formula is C15H11N3O4S2. The summed E-state index contributed by atoms with van der Waals surface area (Å²) in [5, 5.41) is 18.9. The first-order valence-electron chi connectivity index (χ1n) is 6.78. The first-order valence-corrected chi connectivity index (χ1v) is 8.48. The Morgan fingerprint density at radius 1 is 1.17 bits per heavy atom. The number of anilines is 1. The average Bonchev–Trinajstić information content (AvgIpc) is 3.19. The summed E-state index contributed by atoms with van der Waals surface area (Å²) in [6.45, 7) is 0. The van der Waals surface area contributed by atoms with Gasteiger partial charge in [-0.05, 0) is 23.6 Å². The highest BCUT2D eigenvalue weighted by Crippen LogP contribution is 2.30. The van der Waals surface area contributed by atoms with Gasteiger partial charge in [0.05, 0.1) is 15.4 Å². The number of non-ortho nitro benzene ring substituents is 1. The molecule has 0 aliphatic rings. The Morgan fingerprint density at radius 2 is 1.96 bits per heavy atom. The molecule has 2 amide bonds. The van der Waals surface area contributed by atoms with Crippen LogP contribution in [0.15, 0.2) is 35.7 Å². The number of benzene rings is 1. The van der Waals surface area contributed by atoms with Gasteiger partial charge in [0, 0.05) is 29.3 Å². The van der Waals surface area contributed by atoms with Crippen LogP contribution in [0.4, 0.5) is 10.7 Å². The fourth-order valence-electron chi connectivity index (χ4n) is 2.14. The molecule has 122 valence electrons. The summed E-state index contributed by atoms with van der Waals surface area (Å²) >= 11 is 2.49. The quantitative estimate of drug-likeness (QED) is 0.548. The molecule has 2 aromatic heterocycles. The zero-order valence-electron chi connectivity index (χ0n) is 12.4. The van der Waals surface area contributed by atoms with Crippen LogP contribution in [-0.2, 0) is 0 Å². The maximum absolute atomic E-state index is 12.4. The van der Waals surface area contributed by atoms with Gasteiger partial charge in [0.25, 0.3) is 17.5 Å². The molecular weight excluding hydrogens is 350 g/mol. The first-order chi connectivity index (χ1) is 11.5. The summed E-state index contributed by atoms with van der Waals surface area (Å²) in [4.78, 5) is 34.9. The summed E-state index contributed by atoms with van der Waals surface area (Å²) in [6, 6.07) is 7.70. The number of hydrogen-bond acceptors (Lipinski definition) is 6. The van der Waals surface area contributed by atoms with Gasteiger partial charge in [-0.1, -0.05) is 0 Å². The number of rotatable bonds is 4. The van der Waals surface area contributed by atoms with Gasteiger partial charge in [-0.3, -0.25) is 19.7 Å². The summed E-state index contributed by atoms with van der Waals surface area (Å²) in [7, 11) is 1.52. The van der Waals surface area contributed by atoms with Gasteiger partial charge in [0.1, 0.15) is 5.00 Å². The van der Waals surface area contributed by atoms with Crippen LogP contribution >= 0.6 is 22.7 Å². The second-order valence-corrected chi connectivity index (χ2v) is 6.79. The van der Waals surface area contributed by atoms with Crippen molar-refractivity contribution in [3.8, 4) is 0 Å². The van der Waals surface area contributed by atoms with E-state index in [1.54, 1.807) is 23.6 Å². The molecule has 1 aromatic carbocycles. The SMILES string of the molecule is CNC(=O)c1ccsc1NC(=O)c1cc2cc([N+](=O)[O-])ccc2s1. The third kappa shape index (κ3) is 2.99. The second-order valence-electron chi connectivity index (χ2n) is 4.79. The number of fused-ring (bicyclic) bond motifs is 1. The topological polar surface area (TPSA) is 101 Å². The standard InChI is InChI=1S/C15H11N3O4S2/c1-16-13(19)10-4-5-23-15(10)17-14(20)12-7-8-6-9(18(21)22)2-3-11(8)24-12/h2-7H,1H3,(H,16,19)(H,17,20). The van der Waals surface area contributed by atoms with Crippen molar-refractivity contribution >= 4 is 55.3 Å². The minimum absolute atomic E-state index is 0.0209. The molecule has 2 N–H and O–H groups in total. The highest BCUT2D eigenvalue weighted by atomic mass is 32.1. The monoisotopic (exact) mass is 361 g/mol. The molecule has 7 nitrogen and oxygen atoms in total. The lowest BCUT2D eigenvalue weighted by Gasteiger charge is -2.03. The molecule has 24 heavy (non-hydrogen) atoms. The van der Waals surface area contributed by atoms with Gasteiger partial charge in [-0.25, -0.2) is 0 Å². The van der Waals surface area contributed by atoms with E-state index in [1.165, 1.54) is 41.9 Å². The largest absolute Gasteiger partial charge is 0.355 e. The molecule has 0 bridgehead atoms. The van der Waals surface area contributed by atoms with E-state index in [9.17, 15) is 19.7 Å². The minimum atomic E-state index is -0.474. The summed E-state index contributed by atoms with van der Waals surface area (Å²) < 4.78 is 0.781. The summed E-state index contributed by atoms with van der Waals surface area (Å²) in [5.74, 6) is -0.634. The predicted octanol–water partition coefficient (Wildman–Crippen LogP) is 3.48. The number of nitrogens with one attached hydrogen (secondary N) is 2. The zero-order chi connectivity index (χ0) is 17.3. The van der Waals surface area contributed by atoms with Crippen molar-refractivity contribution in [3.05, 3.63) is 56.3 Å². The van der Waals surface area contributed by atoms with E-state index < -0.39 is 4.92 Å². The Balaban J connectivity index is 1.88. The van der Waals surface area contributed by atoms with Crippen molar-refractivity contribution in [2.45, 2.75) is 0 Å². The van der Waals surface area contributed by atoms with Crippen LogP contribution in [0, 0.1) is 10.1 Å². The Hall–Kier alpha value is -2.78. The third-order valence-electron chi connectivity index (χ3n) is 3.30. The Bertz CT molecular complexity index is 961. The molecule has 0 atom stereocenters. The molecule has 0 aliphatic carbocycles. The number of nitro benzene ring substituents is 1. The van der Waals surface area contributed by atoms with E-state index in [0.29, 0.717) is 20.8 Å².